The molecule has 4 rings (SSSR count). The van der Waals surface area contributed by atoms with E-state index in [1.54, 1.807) is 43.3 Å². The molecular weight excluding hydrogens is 599 g/mol. The molecule has 0 spiro atoms. The first kappa shape index (κ1) is 27.4. The first-order chi connectivity index (χ1) is 18.2. The number of nitrogens with one attached hydrogen (secondary N) is 1. The third kappa shape index (κ3) is 6.07. The third-order valence-corrected chi connectivity index (χ3v) is 6.49. The number of ether oxygens (including phenoxy) is 2. The molecule has 1 N–H and O–H groups in total. The molecule has 0 aromatic heterocycles. The second-order valence-corrected chi connectivity index (χ2v) is 9.69. The minimum atomic E-state index is -0.913. The van der Waals surface area contributed by atoms with Crippen LogP contribution in [0, 0.1) is 0 Å². The van der Waals surface area contributed by atoms with E-state index in [1.165, 1.54) is 30.3 Å². The number of barbiturate groups is 1. The van der Waals surface area contributed by atoms with Gasteiger partial charge in [0.25, 0.3) is 11.8 Å². The highest BCUT2D eigenvalue weighted by molar-refractivity contribution is 9.10. The van der Waals surface area contributed by atoms with Crippen LogP contribution in [0.5, 0.6) is 5.75 Å². The summed E-state index contributed by atoms with van der Waals surface area (Å²) in [5, 5.41) is 3.10. The van der Waals surface area contributed by atoms with Gasteiger partial charge < -0.3 is 9.47 Å². The van der Waals surface area contributed by atoms with Crippen molar-refractivity contribution in [2.24, 2.45) is 0 Å². The molecule has 1 heterocycles. The summed E-state index contributed by atoms with van der Waals surface area (Å²) in [5.74, 6) is -1.86. The SMILES string of the molecule is CCOC(=O)c1ccc(N2C(=O)NC(=O)/C(=C\c3cc(Br)ccc3OCc3ccc(Cl)cc3Cl)C2=O)cc1. The van der Waals surface area contributed by atoms with E-state index in [2.05, 4.69) is 21.2 Å². The van der Waals surface area contributed by atoms with Crippen molar-refractivity contribution in [1.82, 2.24) is 5.32 Å². The number of hydrogen-bond donors (Lipinski definition) is 1. The maximum atomic E-state index is 13.3. The molecule has 0 aliphatic carbocycles. The molecule has 8 nitrogen and oxygen atoms in total. The minimum Gasteiger partial charge on any atom is -0.488 e. The van der Waals surface area contributed by atoms with Gasteiger partial charge in [0.1, 0.15) is 17.9 Å². The maximum absolute atomic E-state index is 13.3. The van der Waals surface area contributed by atoms with Gasteiger partial charge in [-0.2, -0.15) is 0 Å². The second kappa shape index (κ2) is 11.8. The summed E-state index contributed by atoms with van der Waals surface area (Å²) in [6, 6.07) is 14.9. The number of amides is 4. The lowest BCUT2D eigenvalue weighted by atomic mass is 10.1. The highest BCUT2D eigenvalue weighted by atomic mass is 79.9. The average molecular weight is 618 g/mol. The van der Waals surface area contributed by atoms with Gasteiger partial charge in [-0.1, -0.05) is 45.2 Å². The van der Waals surface area contributed by atoms with Gasteiger partial charge in [-0.3, -0.25) is 14.9 Å². The van der Waals surface area contributed by atoms with Crippen LogP contribution in [-0.2, 0) is 20.9 Å². The molecule has 0 atom stereocenters. The number of carbonyl (C=O) groups is 4. The van der Waals surface area contributed by atoms with Gasteiger partial charge in [0.05, 0.1) is 17.9 Å². The number of esters is 1. The lowest BCUT2D eigenvalue weighted by Crippen LogP contribution is -2.54. The fraction of sp³-hybridized carbons (Fsp3) is 0.111. The van der Waals surface area contributed by atoms with Gasteiger partial charge in [0.15, 0.2) is 0 Å². The Morgan fingerprint density at radius 1 is 1.03 bits per heavy atom. The van der Waals surface area contributed by atoms with Crippen LogP contribution in [0.15, 0.2) is 70.7 Å². The molecule has 0 radical (unpaired) electrons. The van der Waals surface area contributed by atoms with Crippen molar-refractivity contribution in [2.45, 2.75) is 13.5 Å². The molecule has 11 heteroatoms. The van der Waals surface area contributed by atoms with Crippen molar-refractivity contribution in [2.75, 3.05) is 11.5 Å². The Kier molecular flexibility index (Phi) is 8.51. The minimum absolute atomic E-state index is 0.103. The van der Waals surface area contributed by atoms with E-state index < -0.39 is 23.8 Å². The molecule has 38 heavy (non-hydrogen) atoms. The quantitative estimate of drug-likeness (QED) is 0.193. The van der Waals surface area contributed by atoms with E-state index in [1.807, 2.05) is 0 Å². The molecule has 1 aliphatic heterocycles. The second-order valence-electron chi connectivity index (χ2n) is 7.93. The Bertz CT molecular complexity index is 1470. The van der Waals surface area contributed by atoms with Crippen LogP contribution < -0.4 is 15.0 Å². The normalized spacial score (nSPS) is 14.5. The number of nitrogens with zero attached hydrogens (tertiary/aromatic N) is 1. The van der Waals surface area contributed by atoms with Crippen LogP contribution in [0.25, 0.3) is 6.08 Å². The summed E-state index contributed by atoms with van der Waals surface area (Å²) in [5.41, 5.74) is 1.24. The molecule has 194 valence electrons. The number of anilines is 1. The summed E-state index contributed by atoms with van der Waals surface area (Å²) in [7, 11) is 0. The zero-order valence-corrected chi connectivity index (χ0v) is 22.9. The van der Waals surface area contributed by atoms with Crippen molar-refractivity contribution in [3.63, 3.8) is 0 Å². The molecule has 0 bridgehead atoms. The molecule has 3 aromatic carbocycles. The van der Waals surface area contributed by atoms with Gasteiger partial charge in [0.2, 0.25) is 0 Å². The molecule has 4 amide bonds. The number of rotatable bonds is 7. The van der Waals surface area contributed by atoms with Gasteiger partial charge in [-0.25, -0.2) is 14.5 Å². The van der Waals surface area contributed by atoms with Crippen molar-refractivity contribution < 1.29 is 28.7 Å². The van der Waals surface area contributed by atoms with Gasteiger partial charge >= 0.3 is 12.0 Å². The Morgan fingerprint density at radius 2 is 1.76 bits per heavy atom. The van der Waals surface area contributed by atoms with Gasteiger partial charge in [0, 0.05) is 25.6 Å². The Morgan fingerprint density at radius 3 is 2.45 bits per heavy atom. The van der Waals surface area contributed by atoms with E-state index in [4.69, 9.17) is 32.7 Å². The Labute approximate surface area is 236 Å². The molecular formula is C27H19BrCl2N2O6. The first-order valence-corrected chi connectivity index (χ1v) is 12.8. The van der Waals surface area contributed by atoms with Crippen LogP contribution >= 0.6 is 39.1 Å². The van der Waals surface area contributed by atoms with E-state index in [0.29, 0.717) is 31.4 Å². The van der Waals surface area contributed by atoms with Crippen molar-refractivity contribution in [3.8, 4) is 5.75 Å². The number of imide groups is 2. The fourth-order valence-electron chi connectivity index (χ4n) is 3.57. The number of carbonyl (C=O) groups excluding carboxylic acids is 4. The molecule has 1 fully saturated rings. The highest BCUT2D eigenvalue weighted by Gasteiger charge is 2.37. The smallest absolute Gasteiger partial charge is 0.338 e. The van der Waals surface area contributed by atoms with E-state index >= 15 is 0 Å². The van der Waals surface area contributed by atoms with Crippen LogP contribution in [0.3, 0.4) is 0 Å². The van der Waals surface area contributed by atoms with Gasteiger partial charge in [-0.05, 0) is 67.6 Å². The van der Waals surface area contributed by atoms with Crippen LogP contribution in [-0.4, -0.2) is 30.4 Å². The zero-order valence-electron chi connectivity index (χ0n) is 19.8. The average Bonchev–Trinajstić information content (AvgIpc) is 2.87. The Balaban J connectivity index is 1.63. The lowest BCUT2D eigenvalue weighted by molar-refractivity contribution is -0.122. The monoisotopic (exact) mass is 616 g/mol. The largest absolute Gasteiger partial charge is 0.488 e. The standard InChI is InChI=1S/C27H19BrCl2N2O6/c1-2-37-26(35)15-4-8-20(9-5-15)32-25(34)21(24(33)31-27(32)36)12-17-11-18(28)6-10-23(17)38-14-16-3-7-19(29)13-22(16)30/h3-13H,2,14H2,1H3,(H,31,33,36)/b21-12+. The Hall–Kier alpha value is -3.66. The zero-order chi connectivity index (χ0) is 27.4. The molecule has 3 aromatic rings. The predicted molar refractivity (Wildman–Crippen MR) is 146 cm³/mol. The van der Waals surface area contributed by atoms with Crippen molar-refractivity contribution in [1.29, 1.82) is 0 Å². The lowest BCUT2D eigenvalue weighted by Gasteiger charge is -2.26. The number of hydrogen-bond acceptors (Lipinski definition) is 6. The number of benzene rings is 3. The first-order valence-electron chi connectivity index (χ1n) is 11.2. The van der Waals surface area contributed by atoms with E-state index in [-0.39, 0.29) is 30.0 Å². The molecule has 1 saturated heterocycles. The summed E-state index contributed by atoms with van der Waals surface area (Å²) < 4.78 is 11.6. The highest BCUT2D eigenvalue weighted by Crippen LogP contribution is 2.30. The van der Waals surface area contributed by atoms with Crippen molar-refractivity contribution in [3.05, 3.63) is 97.4 Å². The van der Waals surface area contributed by atoms with Crippen LogP contribution in [0.4, 0.5) is 10.5 Å². The molecule has 1 aliphatic rings. The summed E-state index contributed by atoms with van der Waals surface area (Å²) in [6.45, 7) is 1.99. The molecule has 0 unspecified atom stereocenters. The fourth-order valence-corrected chi connectivity index (χ4v) is 4.41. The van der Waals surface area contributed by atoms with Gasteiger partial charge in [-0.15, -0.1) is 0 Å². The van der Waals surface area contributed by atoms with Crippen LogP contribution in [0.2, 0.25) is 10.0 Å². The maximum Gasteiger partial charge on any atom is 0.338 e. The molecule has 0 saturated carbocycles. The van der Waals surface area contributed by atoms with Crippen molar-refractivity contribution >= 4 is 74.7 Å². The summed E-state index contributed by atoms with van der Waals surface area (Å²) in [6.07, 6.45) is 1.34. The predicted octanol–water partition coefficient (Wildman–Crippen LogP) is 6.18. The third-order valence-electron chi connectivity index (χ3n) is 5.41. The topological polar surface area (TPSA) is 102 Å². The summed E-state index contributed by atoms with van der Waals surface area (Å²) >= 11 is 15.6. The summed E-state index contributed by atoms with van der Waals surface area (Å²) in [4.78, 5) is 51.3. The number of halogens is 3. The van der Waals surface area contributed by atoms with E-state index in [9.17, 15) is 19.2 Å². The van der Waals surface area contributed by atoms with Crippen LogP contribution in [0.1, 0.15) is 28.4 Å². The van der Waals surface area contributed by atoms with E-state index in [0.717, 1.165) is 4.90 Å². The number of urea groups is 1.